The highest BCUT2D eigenvalue weighted by atomic mass is 32.2. The Hall–Kier alpha value is -2.00. The summed E-state index contributed by atoms with van der Waals surface area (Å²) in [6.45, 7) is 2.25. The van der Waals surface area contributed by atoms with Gasteiger partial charge in [0.15, 0.2) is 5.17 Å². The number of nitrogens with zero attached hydrogens (tertiary/aromatic N) is 1. The SMILES string of the molecule is COC[C@@H](C)N=C1NC(=O)[C@@H](CC(=O)Nc2ccc(F)cc2F)S1. The lowest BCUT2D eigenvalue weighted by molar-refractivity contribution is -0.122. The lowest BCUT2D eigenvalue weighted by atomic mass is 10.2. The van der Waals surface area contributed by atoms with Gasteiger partial charge in [-0.15, -0.1) is 0 Å². The molecule has 1 aliphatic rings. The number of rotatable bonds is 6. The molecule has 2 atom stereocenters. The molecule has 1 aliphatic heterocycles. The molecule has 0 radical (unpaired) electrons. The zero-order chi connectivity index (χ0) is 17.7. The van der Waals surface area contributed by atoms with Crippen molar-refractivity contribution in [2.75, 3.05) is 19.0 Å². The fourth-order valence-electron chi connectivity index (χ4n) is 2.04. The van der Waals surface area contributed by atoms with Gasteiger partial charge < -0.3 is 15.4 Å². The van der Waals surface area contributed by atoms with Crippen LogP contribution in [0.1, 0.15) is 13.3 Å². The van der Waals surface area contributed by atoms with Crippen LogP contribution < -0.4 is 10.6 Å². The van der Waals surface area contributed by atoms with Gasteiger partial charge in [-0.2, -0.15) is 0 Å². The first-order chi connectivity index (χ1) is 11.4. The van der Waals surface area contributed by atoms with Gasteiger partial charge in [-0.05, 0) is 19.1 Å². The number of halogens is 2. The normalized spacial score (nSPS) is 20.1. The summed E-state index contributed by atoms with van der Waals surface area (Å²) in [5.41, 5.74) is -0.132. The van der Waals surface area contributed by atoms with Crippen LogP contribution in [0.3, 0.4) is 0 Å². The minimum atomic E-state index is -0.873. The third-order valence-corrected chi connectivity index (χ3v) is 4.19. The zero-order valence-electron chi connectivity index (χ0n) is 13.1. The number of anilines is 1. The van der Waals surface area contributed by atoms with Crippen molar-refractivity contribution in [3.63, 3.8) is 0 Å². The number of ether oxygens (including phenoxy) is 1. The Labute approximate surface area is 142 Å². The number of hydrogen-bond donors (Lipinski definition) is 2. The first-order valence-electron chi connectivity index (χ1n) is 7.18. The van der Waals surface area contributed by atoms with Gasteiger partial charge in [-0.25, -0.2) is 8.78 Å². The number of thioether (sulfide) groups is 1. The number of carbonyl (C=O) groups excluding carboxylic acids is 2. The van der Waals surface area contributed by atoms with E-state index in [1.807, 2.05) is 6.92 Å². The summed E-state index contributed by atoms with van der Waals surface area (Å²) in [5, 5.41) is 4.70. The summed E-state index contributed by atoms with van der Waals surface area (Å²) in [6, 6.07) is 2.72. The molecule has 0 unspecified atom stereocenters. The summed E-state index contributed by atoms with van der Waals surface area (Å²) in [6.07, 6.45) is -0.148. The van der Waals surface area contributed by atoms with E-state index in [1.54, 1.807) is 7.11 Å². The Kier molecular flexibility index (Phi) is 6.27. The van der Waals surface area contributed by atoms with Gasteiger partial charge in [0.2, 0.25) is 11.8 Å². The van der Waals surface area contributed by atoms with Crippen molar-refractivity contribution in [3.05, 3.63) is 29.8 Å². The molecule has 1 saturated heterocycles. The van der Waals surface area contributed by atoms with Crippen molar-refractivity contribution in [2.24, 2.45) is 4.99 Å². The maximum absolute atomic E-state index is 13.5. The average molecular weight is 357 g/mol. The van der Waals surface area contributed by atoms with Crippen molar-refractivity contribution in [3.8, 4) is 0 Å². The lowest BCUT2D eigenvalue weighted by Crippen LogP contribution is -2.28. The molecule has 9 heteroatoms. The molecule has 130 valence electrons. The number of benzene rings is 1. The van der Waals surface area contributed by atoms with Gasteiger partial charge in [0.05, 0.1) is 18.3 Å². The Balaban J connectivity index is 1.93. The van der Waals surface area contributed by atoms with E-state index in [0.29, 0.717) is 17.8 Å². The maximum Gasteiger partial charge on any atom is 0.240 e. The highest BCUT2D eigenvalue weighted by Gasteiger charge is 2.32. The summed E-state index contributed by atoms with van der Waals surface area (Å²) < 4.78 is 31.3. The fourth-order valence-corrected chi connectivity index (χ4v) is 3.11. The molecule has 0 saturated carbocycles. The molecular weight excluding hydrogens is 340 g/mol. The molecule has 6 nitrogen and oxygen atoms in total. The van der Waals surface area contributed by atoms with Crippen LogP contribution in [0.15, 0.2) is 23.2 Å². The third kappa shape index (κ3) is 5.00. The van der Waals surface area contributed by atoms with Crippen molar-refractivity contribution in [1.82, 2.24) is 5.32 Å². The first kappa shape index (κ1) is 18.3. The highest BCUT2D eigenvalue weighted by molar-refractivity contribution is 8.15. The minimum Gasteiger partial charge on any atom is -0.382 e. The molecule has 0 aromatic heterocycles. The van der Waals surface area contributed by atoms with Gasteiger partial charge in [0, 0.05) is 19.6 Å². The maximum atomic E-state index is 13.5. The minimum absolute atomic E-state index is 0.126. The lowest BCUT2D eigenvalue weighted by Gasteiger charge is -2.08. The van der Waals surface area contributed by atoms with Crippen LogP contribution in [-0.2, 0) is 14.3 Å². The molecule has 1 fully saturated rings. The Morgan fingerprint density at radius 1 is 1.50 bits per heavy atom. The average Bonchev–Trinajstić information content (AvgIpc) is 2.81. The Bertz CT molecular complexity index is 669. The fraction of sp³-hybridized carbons (Fsp3) is 0.400. The number of amidine groups is 1. The van der Waals surface area contributed by atoms with E-state index in [2.05, 4.69) is 15.6 Å². The number of methoxy groups -OCH3 is 1. The van der Waals surface area contributed by atoms with Crippen molar-refractivity contribution >= 4 is 34.4 Å². The van der Waals surface area contributed by atoms with Crippen LogP contribution >= 0.6 is 11.8 Å². The van der Waals surface area contributed by atoms with E-state index in [4.69, 9.17) is 4.74 Å². The van der Waals surface area contributed by atoms with Crippen LogP contribution in [0.25, 0.3) is 0 Å². The number of nitrogens with one attached hydrogen (secondary N) is 2. The number of amides is 2. The summed E-state index contributed by atoms with van der Waals surface area (Å²) in [4.78, 5) is 28.1. The number of carbonyl (C=O) groups is 2. The van der Waals surface area contributed by atoms with Crippen molar-refractivity contribution < 1.29 is 23.1 Å². The molecule has 1 aromatic carbocycles. The summed E-state index contributed by atoms with van der Waals surface area (Å²) >= 11 is 1.14. The molecule has 0 aliphatic carbocycles. The van der Waals surface area contributed by atoms with Gasteiger partial charge in [0.1, 0.15) is 16.9 Å². The van der Waals surface area contributed by atoms with E-state index in [9.17, 15) is 18.4 Å². The molecule has 0 bridgehead atoms. The van der Waals surface area contributed by atoms with E-state index in [0.717, 1.165) is 23.9 Å². The molecule has 24 heavy (non-hydrogen) atoms. The molecule has 0 spiro atoms. The molecule has 2 amide bonds. The second-order valence-corrected chi connectivity index (χ2v) is 6.40. The van der Waals surface area contributed by atoms with Crippen molar-refractivity contribution in [1.29, 1.82) is 0 Å². The van der Waals surface area contributed by atoms with Gasteiger partial charge in [-0.3, -0.25) is 14.6 Å². The van der Waals surface area contributed by atoms with Crippen LogP contribution in [-0.4, -0.2) is 42.0 Å². The second kappa shape index (κ2) is 8.20. The van der Waals surface area contributed by atoms with Crippen LogP contribution in [0, 0.1) is 11.6 Å². The van der Waals surface area contributed by atoms with E-state index < -0.39 is 22.8 Å². The predicted octanol–water partition coefficient (Wildman–Crippen LogP) is 1.92. The molecular formula is C15H17F2N3O3S. The number of hydrogen-bond acceptors (Lipinski definition) is 5. The van der Waals surface area contributed by atoms with E-state index >= 15 is 0 Å². The smallest absolute Gasteiger partial charge is 0.240 e. The molecule has 1 aromatic rings. The van der Waals surface area contributed by atoms with Crippen molar-refractivity contribution in [2.45, 2.75) is 24.6 Å². The largest absolute Gasteiger partial charge is 0.382 e. The highest BCUT2D eigenvalue weighted by Crippen LogP contribution is 2.24. The molecule has 2 rings (SSSR count). The van der Waals surface area contributed by atoms with Crippen LogP contribution in [0.2, 0.25) is 0 Å². The number of aliphatic imine (C=N–C) groups is 1. The first-order valence-corrected chi connectivity index (χ1v) is 8.06. The Morgan fingerprint density at radius 3 is 2.92 bits per heavy atom. The van der Waals surface area contributed by atoms with Gasteiger partial charge in [0.25, 0.3) is 0 Å². The second-order valence-electron chi connectivity index (χ2n) is 5.21. The summed E-state index contributed by atoms with van der Waals surface area (Å²) in [5.74, 6) is -2.48. The van der Waals surface area contributed by atoms with E-state index in [1.165, 1.54) is 0 Å². The topological polar surface area (TPSA) is 79.8 Å². The third-order valence-electron chi connectivity index (χ3n) is 3.10. The monoisotopic (exact) mass is 357 g/mol. The summed E-state index contributed by atoms with van der Waals surface area (Å²) in [7, 11) is 1.55. The van der Waals surface area contributed by atoms with Crippen LogP contribution in [0.4, 0.5) is 14.5 Å². The Morgan fingerprint density at radius 2 is 2.25 bits per heavy atom. The van der Waals surface area contributed by atoms with Gasteiger partial charge in [-0.1, -0.05) is 11.8 Å². The quantitative estimate of drug-likeness (QED) is 0.815. The molecule has 2 N–H and O–H groups in total. The zero-order valence-corrected chi connectivity index (χ0v) is 14.0. The molecule has 1 heterocycles. The van der Waals surface area contributed by atoms with E-state index in [-0.39, 0.29) is 24.1 Å². The standard InChI is InChI=1S/C15H17F2N3O3S/c1-8(7-23-2)18-15-20-14(22)12(24-15)6-13(21)19-11-4-3-9(16)5-10(11)17/h3-5,8,12H,6-7H2,1-2H3,(H,19,21)(H,18,20,22)/t8-,12-/m1/s1. The predicted molar refractivity (Wildman–Crippen MR) is 87.9 cm³/mol. The van der Waals surface area contributed by atoms with Gasteiger partial charge >= 0.3 is 0 Å². The van der Waals surface area contributed by atoms with Crippen LogP contribution in [0.5, 0.6) is 0 Å².